The lowest BCUT2D eigenvalue weighted by Crippen LogP contribution is -2.34. The number of benzene rings is 3. The lowest BCUT2D eigenvalue weighted by atomic mass is 9.26. The van der Waals surface area contributed by atoms with Crippen molar-refractivity contribution in [2.45, 2.75) is 212 Å². The maximum absolute atomic E-state index is 14.0. The van der Waals surface area contributed by atoms with Gasteiger partial charge in [0.1, 0.15) is 97.8 Å². The summed E-state index contributed by atoms with van der Waals surface area (Å²) >= 11 is 20.2. The molecule has 2 aliphatic rings. The summed E-state index contributed by atoms with van der Waals surface area (Å²) < 4.78 is 15.7. The summed E-state index contributed by atoms with van der Waals surface area (Å²) in [6.07, 6.45) is 40.1. The molecule has 0 spiro atoms. The average molecular weight is 1940 g/mol. The number of aryl methyl sites for hydroxylation is 2. The van der Waals surface area contributed by atoms with Gasteiger partial charge in [-0.2, -0.15) is 0 Å². The molecule has 24 aromatic rings. The van der Waals surface area contributed by atoms with E-state index in [-0.39, 0.29) is 40.8 Å². The smallest absolute Gasteiger partial charge is 0.274 e. The quantitative estimate of drug-likeness (QED) is 0.0269. The van der Waals surface area contributed by atoms with E-state index in [1.54, 1.807) is 93.9 Å². The van der Waals surface area contributed by atoms with Gasteiger partial charge in [0.05, 0.1) is 40.7 Å². The molecule has 0 unspecified atom stereocenters. The molecule has 2 saturated heterocycles. The normalized spacial score (nSPS) is 15.0. The average Bonchev–Trinajstić information content (AvgIpc) is 1.54. The molecule has 3 aromatic carbocycles. The van der Waals surface area contributed by atoms with E-state index in [2.05, 4.69) is 63.9 Å². The van der Waals surface area contributed by atoms with Crippen LogP contribution in [0.25, 0.3) is 189 Å². The van der Waals surface area contributed by atoms with Gasteiger partial charge in [0.25, 0.3) is 33.4 Å². The first-order chi connectivity index (χ1) is 60.2. The predicted octanol–water partition coefficient (Wildman–Crippen LogP) is 27.8. The zero-order valence-electron chi connectivity index (χ0n) is 68.9. The van der Waals surface area contributed by atoms with E-state index in [1.165, 1.54) is 213 Å². The molecule has 23 heterocycles. The predicted molar refractivity (Wildman–Crippen MR) is 540 cm³/mol. The first-order valence-electron chi connectivity index (χ1n) is 43.6. The highest BCUT2D eigenvalue weighted by Crippen LogP contribution is 2.50. The summed E-state index contributed by atoms with van der Waals surface area (Å²) in [4.78, 5) is 118. The van der Waals surface area contributed by atoms with Crippen molar-refractivity contribution < 1.29 is 0 Å². The van der Waals surface area contributed by atoms with E-state index < -0.39 is 0 Å². The van der Waals surface area contributed by atoms with Crippen molar-refractivity contribution in [1.29, 1.82) is 0 Å². The Kier molecular flexibility index (Phi) is 21.3. The Labute approximate surface area is 760 Å². The number of fused-ring (bicyclic) bond motifs is 26. The van der Waals surface area contributed by atoms with Crippen LogP contribution in [0.3, 0.4) is 0 Å². The Morgan fingerprint density at radius 2 is 0.629 bits per heavy atom. The van der Waals surface area contributed by atoms with Gasteiger partial charge in [0.15, 0.2) is 0 Å². The second-order valence-electron chi connectivity index (χ2n) is 34.1. The molecule has 2 bridgehead atoms. The van der Waals surface area contributed by atoms with Crippen LogP contribution in [0.1, 0.15) is 191 Å². The van der Waals surface area contributed by atoms with Crippen molar-refractivity contribution in [3.63, 3.8) is 0 Å². The van der Waals surface area contributed by atoms with Crippen molar-refractivity contribution in [2.24, 2.45) is 0 Å². The van der Waals surface area contributed by atoms with Gasteiger partial charge in [-0.3, -0.25) is 55.2 Å². The van der Waals surface area contributed by atoms with E-state index in [4.69, 9.17) is 29.9 Å². The van der Waals surface area contributed by atoms with Crippen molar-refractivity contribution in [3.05, 3.63) is 170 Å². The first-order valence-corrected chi connectivity index (χ1v) is 52.6. The topological polar surface area (TPSA) is 206 Å². The van der Waals surface area contributed by atoms with Crippen LogP contribution >= 0.6 is 134 Å². The molecule has 18 nitrogen and oxygen atoms in total. The Balaban J connectivity index is 0.000000101. The van der Waals surface area contributed by atoms with Gasteiger partial charge >= 0.3 is 0 Å². The number of hydrogen-bond donors (Lipinski definition) is 0. The standard InChI is InChI=1S/C33H32N4O2S3.C20H39B.C20H4Br2N4O2S3.C20H6N4O2S3.CH3/c1-3-4-5-6-7-8-9-10-11-12-13-19-17-23-31(41-19)35-29-21-15-14-20-24-25(21)27(33(39)37(23)29)42-26(24)32(38)36-22-16-18(2)40-30(22)34-28(20)36;1-2-3-4-5-6-7-8-9-10-11-18-21-19-14-12-15-20(21)17-13-16-19;21-9-3-7-17(29-9)23-15-5-1-2-6-12-11(5)13(19(27)25(7)15)31-14(12)20(28)26-8-4-10(22)30-18(8)24-16(6)26;25-19-13-11-7(15-21-17-9(23(15)19)3-5-27-17)1-2-8-12(11)14(29-13)20(26)24-10-4-6-28-18(10)22-16(8)24;/h14-17H,3-13H2,1-2H3;19-20H,2-18H2,1H3;1-4H;1-6H;1H3/q;;;;-1. The Hall–Kier alpha value is -8.40. The second kappa shape index (κ2) is 32.4. The molecule has 30 heteroatoms. The summed E-state index contributed by atoms with van der Waals surface area (Å²) in [6, 6.07) is 24.0. The number of hydrogen-bond acceptors (Lipinski definition) is 21. The monoisotopic (exact) mass is 1930 g/mol. The number of aromatic nitrogens is 12. The van der Waals surface area contributed by atoms with E-state index in [9.17, 15) is 28.8 Å². The number of pyridine rings is 6. The molecule has 628 valence electrons. The van der Waals surface area contributed by atoms with E-state index in [0.29, 0.717) is 62.1 Å². The first kappa shape index (κ1) is 81.4. The van der Waals surface area contributed by atoms with E-state index >= 15 is 0 Å². The largest absolute Gasteiger partial charge is 0.358 e. The van der Waals surface area contributed by atoms with Crippen LogP contribution in [-0.4, -0.2) is 63.0 Å². The maximum atomic E-state index is 14.0. The lowest BCUT2D eigenvalue weighted by Gasteiger charge is -2.40. The third-order valence-corrected chi connectivity index (χ3v) is 36.8. The Bertz CT molecular complexity index is 8370. The number of thiophene rings is 9. The molecular weight excluding hydrogens is 1850 g/mol. The van der Waals surface area contributed by atoms with E-state index in [0.717, 1.165) is 164 Å². The highest BCUT2D eigenvalue weighted by Gasteiger charge is 2.39. The molecule has 0 N–H and O–H groups in total. The summed E-state index contributed by atoms with van der Waals surface area (Å²) in [7, 11) is 0. The minimum atomic E-state index is -0.135. The number of imidazole rings is 6. The molecule has 2 fully saturated rings. The molecule has 0 saturated carbocycles. The van der Waals surface area contributed by atoms with Crippen molar-refractivity contribution >= 4 is 329 Å². The third-order valence-electron chi connectivity index (χ3n) is 26.7. The number of unbranched alkanes of at least 4 members (excludes halogenated alkanes) is 18. The van der Waals surface area contributed by atoms with Gasteiger partial charge in [0.2, 0.25) is 0 Å². The fraction of sp³-hybridized carbons (Fsp3) is 0.351. The second-order valence-corrected chi connectivity index (χ2v) is 46.1. The molecule has 0 aliphatic carbocycles. The zero-order chi connectivity index (χ0) is 83.1. The van der Waals surface area contributed by atoms with Gasteiger partial charge in [-0.05, 0) is 135 Å². The van der Waals surface area contributed by atoms with Crippen LogP contribution in [0.15, 0.2) is 120 Å². The van der Waals surface area contributed by atoms with Crippen LogP contribution in [-0.2, 0) is 6.42 Å². The molecule has 21 aromatic heterocycles. The van der Waals surface area contributed by atoms with Crippen molar-refractivity contribution in [2.75, 3.05) is 0 Å². The van der Waals surface area contributed by atoms with Crippen molar-refractivity contribution in [1.82, 2.24) is 56.3 Å². The van der Waals surface area contributed by atoms with Gasteiger partial charge in [-0.25, -0.2) is 29.9 Å². The molecule has 124 heavy (non-hydrogen) atoms. The molecule has 26 rings (SSSR count). The number of halogens is 2. The SMILES string of the molecule is CCCCCCCCCCCCB1C2CCCC1CCC2.CCCCCCCCCCCCc1cc2c(nc3c4ccc5c6c(sc(c(=O)n23)c46)c(=O)n2c3cc(C)sc3nc52)s1.O=c1c2sc3c(=O)n4c5cc(Br)sc5nc4c4ccc(c2c34)c2nc3sc(Br)cc3n12.O=c1c2sc3c(=O)n4c5ccsc5nc4c4ccc(c2c34)c2nc3sccc3n12.[CH3-]. The van der Waals surface area contributed by atoms with Gasteiger partial charge in [-0.1, -0.05) is 192 Å². The highest BCUT2D eigenvalue weighted by molar-refractivity contribution is 9.11. The van der Waals surface area contributed by atoms with Crippen LogP contribution < -0.4 is 33.4 Å². The Morgan fingerprint density at radius 1 is 0.339 bits per heavy atom. The van der Waals surface area contributed by atoms with Gasteiger partial charge < -0.3 is 7.43 Å². The summed E-state index contributed by atoms with van der Waals surface area (Å²) in [5.74, 6) is 2.27. The van der Waals surface area contributed by atoms with E-state index in [1.807, 2.05) is 72.3 Å². The van der Waals surface area contributed by atoms with Crippen LogP contribution in [0, 0.1) is 14.4 Å². The maximum Gasteiger partial charge on any atom is 0.274 e. The molecule has 0 atom stereocenters. The number of rotatable bonds is 22. The Morgan fingerprint density at radius 3 is 0.984 bits per heavy atom. The fourth-order valence-corrected chi connectivity index (χ4v) is 30.9. The summed E-state index contributed by atoms with van der Waals surface area (Å²) in [5.41, 5.74) is 8.22. The summed E-state index contributed by atoms with van der Waals surface area (Å²) in [5, 5.41) is 14.3. The molecule has 0 radical (unpaired) electrons. The lowest BCUT2D eigenvalue weighted by molar-refractivity contribution is 0.439. The zero-order valence-corrected chi connectivity index (χ0v) is 79.4. The van der Waals surface area contributed by atoms with Gasteiger partial charge in [-0.15, -0.1) is 102 Å². The molecular formula is C94H84BBr2N12O6S9-. The highest BCUT2D eigenvalue weighted by atomic mass is 79.9. The minimum absolute atomic E-state index is 0. The minimum Gasteiger partial charge on any atom is -0.358 e. The molecule has 0 amide bonds. The molecule has 2 aliphatic heterocycles. The van der Waals surface area contributed by atoms with Gasteiger partial charge in [0, 0.05) is 74.4 Å². The third kappa shape index (κ3) is 12.9. The van der Waals surface area contributed by atoms with Crippen LogP contribution in [0.4, 0.5) is 0 Å². The van der Waals surface area contributed by atoms with Crippen LogP contribution in [0.5, 0.6) is 0 Å². The fourth-order valence-electron chi connectivity index (χ4n) is 21.1. The van der Waals surface area contributed by atoms with Crippen molar-refractivity contribution in [3.8, 4) is 0 Å². The van der Waals surface area contributed by atoms with Crippen LogP contribution in [0.2, 0.25) is 18.0 Å². The summed E-state index contributed by atoms with van der Waals surface area (Å²) in [6.45, 7) is 7.75. The number of nitrogens with zero attached hydrogens (tertiary/aromatic N) is 12.